The van der Waals surface area contributed by atoms with Gasteiger partial charge in [-0.05, 0) is 31.0 Å². The van der Waals surface area contributed by atoms with Crippen LogP contribution in [0.1, 0.15) is 17.8 Å². The number of methoxy groups -OCH3 is 1. The zero-order valence-electron chi connectivity index (χ0n) is 17.0. The highest BCUT2D eigenvalue weighted by Gasteiger charge is 2.14. The fourth-order valence-corrected chi connectivity index (χ4v) is 3.04. The second-order valence-electron chi connectivity index (χ2n) is 6.76. The maximum Gasteiger partial charge on any atom is 0.220 e. The molecule has 0 radical (unpaired) electrons. The lowest BCUT2D eigenvalue weighted by molar-refractivity contribution is -0.121. The van der Waals surface area contributed by atoms with Crippen LogP contribution < -0.4 is 19.7 Å². The fourth-order valence-electron chi connectivity index (χ4n) is 3.04. The number of rotatable bonds is 9. The lowest BCUT2D eigenvalue weighted by atomic mass is 10.1. The number of aromatic nitrogens is 2. The lowest BCUT2D eigenvalue weighted by Gasteiger charge is -2.28. The van der Waals surface area contributed by atoms with Crippen LogP contribution in [0.3, 0.4) is 0 Å². The summed E-state index contributed by atoms with van der Waals surface area (Å²) in [5.74, 6) is 2.84. The number of amides is 1. The first-order valence-electron chi connectivity index (χ1n) is 9.85. The van der Waals surface area contributed by atoms with E-state index in [1.807, 2.05) is 37.3 Å². The van der Waals surface area contributed by atoms with Crippen molar-refractivity contribution in [3.8, 4) is 11.6 Å². The Morgan fingerprint density at radius 1 is 1.21 bits per heavy atom. The van der Waals surface area contributed by atoms with Crippen molar-refractivity contribution < 1.29 is 19.0 Å². The van der Waals surface area contributed by atoms with Gasteiger partial charge >= 0.3 is 0 Å². The molecule has 1 aromatic heterocycles. The van der Waals surface area contributed by atoms with Crippen LogP contribution in [0.2, 0.25) is 0 Å². The molecule has 3 rings (SSSR count). The highest BCUT2D eigenvalue weighted by atomic mass is 16.5. The van der Waals surface area contributed by atoms with Crippen molar-refractivity contribution in [2.45, 2.75) is 19.8 Å². The van der Waals surface area contributed by atoms with Crippen LogP contribution in [0.15, 0.2) is 30.3 Å². The molecule has 8 heteroatoms. The molecule has 29 heavy (non-hydrogen) atoms. The number of anilines is 1. The SMILES string of the molecule is COc1ccc(CCC(=O)NCCOc2cc(N3CCOCC3)nc(C)n2)cc1. The quantitative estimate of drug-likeness (QED) is 0.642. The third-order valence-corrected chi connectivity index (χ3v) is 4.61. The zero-order valence-corrected chi connectivity index (χ0v) is 17.0. The van der Waals surface area contributed by atoms with Crippen molar-refractivity contribution in [3.05, 3.63) is 41.7 Å². The third-order valence-electron chi connectivity index (χ3n) is 4.61. The number of ether oxygens (including phenoxy) is 3. The molecule has 2 heterocycles. The molecule has 0 aliphatic carbocycles. The van der Waals surface area contributed by atoms with E-state index in [-0.39, 0.29) is 5.91 Å². The third kappa shape index (κ3) is 6.60. The standard InChI is InChI=1S/C21H28N4O4/c1-16-23-19(25-10-13-28-14-11-25)15-21(24-16)29-12-9-22-20(26)8-5-17-3-6-18(27-2)7-4-17/h3-4,6-7,15H,5,8-14H2,1-2H3,(H,22,26). The van der Waals surface area contributed by atoms with Gasteiger partial charge in [0.05, 0.1) is 26.9 Å². The summed E-state index contributed by atoms with van der Waals surface area (Å²) in [6.45, 7) is 5.63. The lowest BCUT2D eigenvalue weighted by Crippen LogP contribution is -2.37. The summed E-state index contributed by atoms with van der Waals surface area (Å²) in [6, 6.07) is 9.58. The molecule has 156 valence electrons. The van der Waals surface area contributed by atoms with Crippen LogP contribution in [0.25, 0.3) is 0 Å². The monoisotopic (exact) mass is 400 g/mol. The van der Waals surface area contributed by atoms with Crippen molar-refractivity contribution in [3.63, 3.8) is 0 Å². The molecule has 1 amide bonds. The highest BCUT2D eigenvalue weighted by molar-refractivity contribution is 5.76. The number of hydrogen-bond donors (Lipinski definition) is 1. The van der Waals surface area contributed by atoms with Gasteiger partial charge < -0.3 is 24.4 Å². The molecule has 1 N–H and O–H groups in total. The summed E-state index contributed by atoms with van der Waals surface area (Å²) in [5, 5.41) is 2.88. The fraction of sp³-hybridized carbons (Fsp3) is 0.476. The Balaban J connectivity index is 1.39. The van der Waals surface area contributed by atoms with E-state index in [0.717, 1.165) is 30.2 Å². The van der Waals surface area contributed by atoms with Gasteiger partial charge in [0.1, 0.15) is 24.0 Å². The van der Waals surface area contributed by atoms with Gasteiger partial charge in [0.25, 0.3) is 0 Å². The molecule has 0 atom stereocenters. The molecule has 1 aliphatic rings. The van der Waals surface area contributed by atoms with Crippen LogP contribution in [0, 0.1) is 6.92 Å². The van der Waals surface area contributed by atoms with Crippen LogP contribution in [0.5, 0.6) is 11.6 Å². The first-order valence-corrected chi connectivity index (χ1v) is 9.85. The summed E-state index contributed by atoms with van der Waals surface area (Å²) in [5.41, 5.74) is 1.10. The van der Waals surface area contributed by atoms with E-state index >= 15 is 0 Å². The van der Waals surface area contributed by atoms with Crippen molar-refractivity contribution in [1.29, 1.82) is 0 Å². The molecular weight excluding hydrogens is 372 g/mol. The Morgan fingerprint density at radius 2 is 1.97 bits per heavy atom. The van der Waals surface area contributed by atoms with Crippen LogP contribution in [-0.2, 0) is 16.0 Å². The number of hydrogen-bond acceptors (Lipinski definition) is 7. The van der Waals surface area contributed by atoms with Crippen LogP contribution in [-0.4, -0.2) is 62.4 Å². The molecule has 2 aromatic rings. The largest absolute Gasteiger partial charge is 0.497 e. The minimum absolute atomic E-state index is 0.00251. The molecule has 0 saturated carbocycles. The van der Waals surface area contributed by atoms with Gasteiger partial charge in [-0.2, -0.15) is 4.98 Å². The van der Waals surface area contributed by atoms with Crippen LogP contribution in [0.4, 0.5) is 5.82 Å². The molecule has 1 aliphatic heterocycles. The van der Waals surface area contributed by atoms with Gasteiger partial charge in [0.2, 0.25) is 11.8 Å². The van der Waals surface area contributed by atoms with E-state index in [0.29, 0.717) is 50.9 Å². The Labute approximate surface area is 171 Å². The maximum atomic E-state index is 12.0. The van der Waals surface area contributed by atoms with Gasteiger partial charge in [-0.3, -0.25) is 4.79 Å². The predicted octanol–water partition coefficient (Wildman–Crippen LogP) is 1.76. The molecule has 1 fully saturated rings. The minimum Gasteiger partial charge on any atom is -0.497 e. The van der Waals surface area contributed by atoms with Gasteiger partial charge in [-0.25, -0.2) is 4.98 Å². The van der Waals surface area contributed by atoms with E-state index in [1.54, 1.807) is 7.11 Å². The normalized spacial score (nSPS) is 13.8. The summed E-state index contributed by atoms with van der Waals surface area (Å²) < 4.78 is 16.2. The van der Waals surface area contributed by atoms with Crippen molar-refractivity contribution >= 4 is 11.7 Å². The smallest absolute Gasteiger partial charge is 0.220 e. The topological polar surface area (TPSA) is 85.8 Å². The summed E-state index contributed by atoms with van der Waals surface area (Å²) in [6.07, 6.45) is 1.12. The Morgan fingerprint density at radius 3 is 2.69 bits per heavy atom. The molecule has 8 nitrogen and oxygen atoms in total. The molecule has 1 aromatic carbocycles. The van der Waals surface area contributed by atoms with Gasteiger partial charge in [0, 0.05) is 25.6 Å². The number of benzene rings is 1. The molecule has 1 saturated heterocycles. The Bertz CT molecular complexity index is 792. The second kappa shape index (κ2) is 10.6. The average Bonchev–Trinajstić information content (AvgIpc) is 2.76. The van der Waals surface area contributed by atoms with Crippen molar-refractivity contribution in [1.82, 2.24) is 15.3 Å². The molecular formula is C21H28N4O4. The average molecular weight is 400 g/mol. The number of aryl methyl sites for hydroxylation is 2. The molecule has 0 spiro atoms. The first-order chi connectivity index (χ1) is 14.1. The number of nitrogens with zero attached hydrogens (tertiary/aromatic N) is 3. The second-order valence-corrected chi connectivity index (χ2v) is 6.76. The van der Waals surface area contributed by atoms with Crippen molar-refractivity contribution in [2.75, 3.05) is 51.5 Å². The number of morpholine rings is 1. The Kier molecular flexibility index (Phi) is 7.63. The Hall–Kier alpha value is -2.87. The molecule has 0 unspecified atom stereocenters. The van der Waals surface area contributed by atoms with E-state index in [9.17, 15) is 4.79 Å². The zero-order chi connectivity index (χ0) is 20.5. The van der Waals surface area contributed by atoms with E-state index in [4.69, 9.17) is 14.2 Å². The predicted molar refractivity (Wildman–Crippen MR) is 110 cm³/mol. The summed E-state index contributed by atoms with van der Waals surface area (Å²) in [7, 11) is 1.64. The molecule has 0 bridgehead atoms. The maximum absolute atomic E-state index is 12.0. The number of nitrogens with one attached hydrogen (secondary N) is 1. The van der Waals surface area contributed by atoms with Crippen molar-refractivity contribution in [2.24, 2.45) is 0 Å². The summed E-state index contributed by atoms with van der Waals surface area (Å²) in [4.78, 5) is 23.0. The first kappa shape index (κ1) is 20.9. The van der Waals surface area contributed by atoms with E-state index in [1.165, 1.54) is 0 Å². The van der Waals surface area contributed by atoms with Gasteiger partial charge in [-0.15, -0.1) is 0 Å². The van der Waals surface area contributed by atoms with Gasteiger partial charge in [0.15, 0.2) is 0 Å². The highest BCUT2D eigenvalue weighted by Crippen LogP contribution is 2.18. The number of carbonyl (C=O) groups excluding carboxylic acids is 1. The van der Waals surface area contributed by atoms with E-state index in [2.05, 4.69) is 20.2 Å². The van der Waals surface area contributed by atoms with Gasteiger partial charge in [-0.1, -0.05) is 12.1 Å². The minimum atomic E-state index is -0.00251. The van der Waals surface area contributed by atoms with E-state index < -0.39 is 0 Å². The summed E-state index contributed by atoms with van der Waals surface area (Å²) >= 11 is 0. The van der Waals surface area contributed by atoms with Crippen LogP contribution >= 0.6 is 0 Å². The number of carbonyl (C=O) groups is 1.